The van der Waals surface area contributed by atoms with Crippen LogP contribution in [0.1, 0.15) is 21.5 Å². The predicted molar refractivity (Wildman–Crippen MR) is 113 cm³/mol. The third-order valence-corrected chi connectivity index (χ3v) is 5.26. The van der Waals surface area contributed by atoms with Crippen LogP contribution in [0.15, 0.2) is 54.9 Å². The molecule has 0 saturated heterocycles. The molecule has 3 aromatic rings. The molecule has 0 amide bonds. The number of nitrogens with two attached hydrogens (primary N) is 1. The summed E-state index contributed by atoms with van der Waals surface area (Å²) in [5, 5.41) is 0. The van der Waals surface area contributed by atoms with E-state index >= 15 is 0 Å². The first-order valence-corrected chi connectivity index (χ1v) is 9.43. The number of hydrogen-bond acceptors (Lipinski definition) is 7. The largest absolute Gasteiger partial charge is 0.465 e. The molecule has 148 valence electrons. The SMILES string of the molecule is COC(=O)c1ccccc1N(C)c1ncnc(N2CCc3ccccc3C2)c1N. The fourth-order valence-corrected chi connectivity index (χ4v) is 3.74. The minimum atomic E-state index is -0.409. The van der Waals surface area contributed by atoms with Crippen LogP contribution in [0, 0.1) is 0 Å². The van der Waals surface area contributed by atoms with E-state index in [-0.39, 0.29) is 0 Å². The van der Waals surface area contributed by atoms with Crippen molar-refractivity contribution in [3.05, 3.63) is 71.5 Å². The summed E-state index contributed by atoms with van der Waals surface area (Å²) in [7, 11) is 3.19. The maximum absolute atomic E-state index is 12.2. The standard InChI is InChI=1S/C22H23N5O2/c1-26(18-10-6-5-9-17(18)22(28)29-2)20-19(23)21(25-14-24-20)27-12-11-15-7-3-4-8-16(15)13-27/h3-10,14H,11-13,23H2,1-2H3. The van der Waals surface area contributed by atoms with Crippen molar-refractivity contribution in [2.45, 2.75) is 13.0 Å². The molecule has 1 aromatic heterocycles. The van der Waals surface area contributed by atoms with Gasteiger partial charge >= 0.3 is 5.97 Å². The Morgan fingerprint density at radius 1 is 1.10 bits per heavy atom. The van der Waals surface area contributed by atoms with E-state index in [0.717, 1.165) is 19.5 Å². The van der Waals surface area contributed by atoms with Crippen LogP contribution < -0.4 is 15.5 Å². The summed E-state index contributed by atoms with van der Waals surface area (Å²) in [6.45, 7) is 1.58. The number of carbonyl (C=O) groups is 1. The van der Waals surface area contributed by atoms with Crippen LogP contribution in [0.5, 0.6) is 0 Å². The highest BCUT2D eigenvalue weighted by atomic mass is 16.5. The van der Waals surface area contributed by atoms with Crippen LogP contribution in [-0.4, -0.2) is 36.6 Å². The molecule has 0 atom stereocenters. The van der Waals surface area contributed by atoms with Crippen molar-refractivity contribution in [2.24, 2.45) is 0 Å². The van der Waals surface area contributed by atoms with Gasteiger partial charge in [-0.1, -0.05) is 36.4 Å². The summed E-state index contributed by atoms with van der Waals surface area (Å²) < 4.78 is 4.91. The number of carbonyl (C=O) groups excluding carboxylic acids is 1. The number of para-hydroxylation sites is 1. The van der Waals surface area contributed by atoms with E-state index in [9.17, 15) is 4.79 Å². The topological polar surface area (TPSA) is 84.6 Å². The lowest BCUT2D eigenvalue weighted by Gasteiger charge is -2.31. The van der Waals surface area contributed by atoms with E-state index in [1.54, 1.807) is 17.0 Å². The zero-order valence-electron chi connectivity index (χ0n) is 16.5. The molecule has 1 aliphatic heterocycles. The maximum Gasteiger partial charge on any atom is 0.339 e. The average Bonchev–Trinajstić information content (AvgIpc) is 2.78. The second kappa shape index (κ2) is 7.79. The van der Waals surface area contributed by atoms with Crippen molar-refractivity contribution < 1.29 is 9.53 Å². The Morgan fingerprint density at radius 2 is 1.83 bits per heavy atom. The Morgan fingerprint density at radius 3 is 2.62 bits per heavy atom. The molecule has 7 nitrogen and oxygen atoms in total. The van der Waals surface area contributed by atoms with Crippen molar-refractivity contribution in [1.29, 1.82) is 0 Å². The molecule has 4 rings (SSSR count). The van der Waals surface area contributed by atoms with Gasteiger partial charge in [0.2, 0.25) is 0 Å². The number of anilines is 4. The molecule has 0 saturated carbocycles. The third-order valence-electron chi connectivity index (χ3n) is 5.26. The van der Waals surface area contributed by atoms with Crippen LogP contribution in [0.25, 0.3) is 0 Å². The van der Waals surface area contributed by atoms with E-state index < -0.39 is 5.97 Å². The minimum absolute atomic E-state index is 0.409. The van der Waals surface area contributed by atoms with Gasteiger partial charge in [-0.3, -0.25) is 0 Å². The fourth-order valence-electron chi connectivity index (χ4n) is 3.74. The molecular weight excluding hydrogens is 366 g/mol. The molecule has 0 unspecified atom stereocenters. The lowest BCUT2D eigenvalue weighted by atomic mass is 10.00. The second-order valence-electron chi connectivity index (χ2n) is 6.94. The number of ether oxygens (including phenoxy) is 1. The summed E-state index contributed by atoms with van der Waals surface area (Å²) in [4.78, 5) is 25.0. The Bertz CT molecular complexity index is 1050. The van der Waals surface area contributed by atoms with Gasteiger partial charge in [0, 0.05) is 20.1 Å². The Kier molecular flexibility index (Phi) is 5.03. The summed E-state index contributed by atoms with van der Waals surface area (Å²) in [5.41, 5.74) is 10.7. The first-order valence-electron chi connectivity index (χ1n) is 9.43. The lowest BCUT2D eigenvalue weighted by molar-refractivity contribution is 0.0601. The molecule has 1 aliphatic rings. The van der Waals surface area contributed by atoms with Crippen LogP contribution in [0.4, 0.5) is 23.0 Å². The number of hydrogen-bond donors (Lipinski definition) is 1. The minimum Gasteiger partial charge on any atom is -0.465 e. The number of nitrogen functional groups attached to an aromatic ring is 1. The maximum atomic E-state index is 12.2. The number of benzene rings is 2. The Hall–Kier alpha value is -3.61. The van der Waals surface area contributed by atoms with Gasteiger partial charge < -0.3 is 20.3 Å². The molecule has 0 spiro atoms. The zero-order chi connectivity index (χ0) is 20.4. The van der Waals surface area contributed by atoms with Crippen molar-refractivity contribution in [1.82, 2.24) is 9.97 Å². The molecule has 7 heteroatoms. The molecule has 0 aliphatic carbocycles. The van der Waals surface area contributed by atoms with Crippen LogP contribution in [0.2, 0.25) is 0 Å². The Balaban J connectivity index is 1.69. The van der Waals surface area contributed by atoms with Crippen molar-refractivity contribution in [3.63, 3.8) is 0 Å². The molecule has 29 heavy (non-hydrogen) atoms. The van der Waals surface area contributed by atoms with Crippen LogP contribution in [-0.2, 0) is 17.7 Å². The summed E-state index contributed by atoms with van der Waals surface area (Å²) in [5.74, 6) is 0.838. The Labute approximate surface area is 169 Å². The molecule has 2 aromatic carbocycles. The highest BCUT2D eigenvalue weighted by molar-refractivity contribution is 5.97. The highest BCUT2D eigenvalue weighted by Gasteiger charge is 2.23. The summed E-state index contributed by atoms with van der Waals surface area (Å²) >= 11 is 0. The first-order chi connectivity index (χ1) is 14.1. The van der Waals surface area contributed by atoms with Crippen molar-refractivity contribution >= 4 is 29.0 Å². The predicted octanol–water partition coefficient (Wildman–Crippen LogP) is 3.18. The second-order valence-corrected chi connectivity index (χ2v) is 6.94. The lowest BCUT2D eigenvalue weighted by Crippen LogP contribution is -2.32. The number of esters is 1. The van der Waals surface area contributed by atoms with Gasteiger partial charge in [0.1, 0.15) is 12.0 Å². The summed E-state index contributed by atoms with van der Waals surface area (Å²) in [6, 6.07) is 15.6. The van der Waals surface area contributed by atoms with Gasteiger partial charge in [-0.15, -0.1) is 0 Å². The van der Waals surface area contributed by atoms with E-state index in [4.69, 9.17) is 10.5 Å². The molecule has 2 N–H and O–H groups in total. The smallest absolute Gasteiger partial charge is 0.339 e. The van der Waals surface area contributed by atoms with Gasteiger partial charge in [0.15, 0.2) is 11.6 Å². The third kappa shape index (κ3) is 3.47. The number of aromatic nitrogens is 2. The number of fused-ring (bicyclic) bond motifs is 1. The van der Waals surface area contributed by atoms with Gasteiger partial charge in [-0.25, -0.2) is 14.8 Å². The van der Waals surface area contributed by atoms with E-state index in [0.29, 0.717) is 28.6 Å². The monoisotopic (exact) mass is 389 g/mol. The van der Waals surface area contributed by atoms with Gasteiger partial charge in [-0.05, 0) is 29.7 Å². The molecule has 0 fully saturated rings. The van der Waals surface area contributed by atoms with Crippen molar-refractivity contribution in [3.8, 4) is 0 Å². The quantitative estimate of drug-likeness (QED) is 0.686. The highest BCUT2D eigenvalue weighted by Crippen LogP contribution is 2.35. The zero-order valence-corrected chi connectivity index (χ0v) is 16.5. The average molecular weight is 389 g/mol. The van der Waals surface area contributed by atoms with E-state index in [1.165, 1.54) is 24.6 Å². The molecular formula is C22H23N5O2. The molecule has 0 radical (unpaired) electrons. The molecule has 0 bridgehead atoms. The normalized spacial score (nSPS) is 13.0. The van der Waals surface area contributed by atoms with Crippen molar-refractivity contribution in [2.75, 3.05) is 36.2 Å². The fraction of sp³-hybridized carbons (Fsp3) is 0.227. The van der Waals surface area contributed by atoms with E-state index in [2.05, 4.69) is 39.1 Å². The number of nitrogens with zero attached hydrogens (tertiary/aromatic N) is 4. The number of methoxy groups -OCH3 is 1. The van der Waals surface area contributed by atoms with E-state index in [1.807, 2.05) is 19.2 Å². The van der Waals surface area contributed by atoms with Gasteiger partial charge in [0.25, 0.3) is 0 Å². The number of rotatable bonds is 4. The van der Waals surface area contributed by atoms with Crippen LogP contribution >= 0.6 is 0 Å². The van der Waals surface area contributed by atoms with Crippen LogP contribution in [0.3, 0.4) is 0 Å². The van der Waals surface area contributed by atoms with Gasteiger partial charge in [0.05, 0.1) is 18.4 Å². The van der Waals surface area contributed by atoms with Gasteiger partial charge in [-0.2, -0.15) is 0 Å². The summed E-state index contributed by atoms with van der Waals surface area (Å²) in [6.07, 6.45) is 2.45. The first kappa shape index (κ1) is 18.7. The molecule has 2 heterocycles.